The third-order valence-electron chi connectivity index (χ3n) is 5.57. The Hall–Kier alpha value is -4.50. The van der Waals surface area contributed by atoms with Crippen molar-refractivity contribution in [3.8, 4) is 5.88 Å². The number of aliphatic imine (C=N–C) groups is 1. The number of hydrogen-bond acceptors (Lipinski definition) is 7. The van der Waals surface area contributed by atoms with E-state index >= 15 is 0 Å². The first-order chi connectivity index (χ1) is 17.3. The topological polar surface area (TPSA) is 121 Å². The van der Waals surface area contributed by atoms with Gasteiger partial charge in [0.2, 0.25) is 0 Å². The number of aromatic nitrogens is 1. The molecule has 36 heavy (non-hydrogen) atoms. The summed E-state index contributed by atoms with van der Waals surface area (Å²) in [5.41, 5.74) is 3.37. The number of aromatic hydroxyl groups is 1. The number of carbonyl (C=O) groups excluding carboxylic acids is 1. The first-order valence-electron chi connectivity index (χ1n) is 11.4. The monoisotopic (exact) mass is 486 g/mol. The summed E-state index contributed by atoms with van der Waals surface area (Å²) in [4.78, 5) is 33.0. The maximum Gasteiger partial charge on any atom is 0.338 e. The lowest BCUT2D eigenvalue weighted by Gasteiger charge is -2.11. The Morgan fingerprint density at radius 1 is 1.08 bits per heavy atom. The van der Waals surface area contributed by atoms with E-state index in [0.717, 1.165) is 0 Å². The number of nitro benzene ring substituents is 1. The lowest BCUT2D eigenvalue weighted by Crippen LogP contribution is -2.12. The molecule has 0 aliphatic rings. The highest BCUT2D eigenvalue weighted by molar-refractivity contribution is 6.22. The van der Waals surface area contributed by atoms with Crippen LogP contribution in [0.3, 0.4) is 0 Å². The van der Waals surface area contributed by atoms with E-state index in [4.69, 9.17) is 9.73 Å². The number of esters is 1. The number of nitrogens with zero attached hydrogens (tertiary/aromatic N) is 3. The van der Waals surface area contributed by atoms with Crippen molar-refractivity contribution in [3.63, 3.8) is 0 Å². The third-order valence-corrected chi connectivity index (χ3v) is 5.57. The number of rotatable bonds is 8. The minimum atomic E-state index is -0.461. The minimum absolute atomic E-state index is 0.0282. The molecule has 0 saturated carbocycles. The molecule has 0 fully saturated rings. The van der Waals surface area contributed by atoms with Gasteiger partial charge in [0.25, 0.3) is 5.69 Å². The van der Waals surface area contributed by atoms with Gasteiger partial charge < -0.3 is 19.7 Å². The SMILES string of the molecule is CCOC(=O)c1ccc2c(C(=Nc3ccc(CN(C)C)c([N+](=O)[O-])c3)c3ccccc3)c(O)[nH]c2c1. The number of carbonyl (C=O) groups is 1. The van der Waals surface area contributed by atoms with Crippen molar-refractivity contribution in [2.45, 2.75) is 13.5 Å². The lowest BCUT2D eigenvalue weighted by atomic mass is 10.00. The maximum absolute atomic E-state index is 12.2. The summed E-state index contributed by atoms with van der Waals surface area (Å²) in [6, 6.07) is 19.1. The number of H-pyrrole nitrogens is 1. The quantitative estimate of drug-likeness (QED) is 0.153. The molecule has 1 heterocycles. The fourth-order valence-corrected chi connectivity index (χ4v) is 4.02. The molecule has 4 aromatic rings. The fourth-order valence-electron chi connectivity index (χ4n) is 4.02. The van der Waals surface area contributed by atoms with Crippen molar-refractivity contribution in [1.82, 2.24) is 9.88 Å². The summed E-state index contributed by atoms with van der Waals surface area (Å²) in [6.45, 7) is 2.40. The number of benzene rings is 3. The Balaban J connectivity index is 1.89. The van der Waals surface area contributed by atoms with Gasteiger partial charge >= 0.3 is 5.97 Å². The van der Waals surface area contributed by atoms with Gasteiger partial charge in [0.15, 0.2) is 5.88 Å². The normalized spacial score (nSPS) is 11.7. The van der Waals surface area contributed by atoms with Crippen molar-refractivity contribution in [3.05, 3.63) is 99.1 Å². The fraction of sp³-hybridized carbons (Fsp3) is 0.185. The zero-order valence-corrected chi connectivity index (χ0v) is 20.2. The van der Waals surface area contributed by atoms with E-state index in [1.807, 2.05) is 49.3 Å². The van der Waals surface area contributed by atoms with E-state index in [1.54, 1.807) is 37.3 Å². The summed E-state index contributed by atoms with van der Waals surface area (Å²) < 4.78 is 5.08. The second-order valence-corrected chi connectivity index (χ2v) is 8.46. The smallest absolute Gasteiger partial charge is 0.338 e. The van der Waals surface area contributed by atoms with E-state index in [-0.39, 0.29) is 18.2 Å². The van der Waals surface area contributed by atoms with Gasteiger partial charge in [-0.15, -0.1) is 0 Å². The summed E-state index contributed by atoms with van der Waals surface area (Å²) in [5, 5.41) is 23.3. The minimum Gasteiger partial charge on any atom is -0.494 e. The molecular formula is C27H26N4O5. The van der Waals surface area contributed by atoms with Crippen molar-refractivity contribution in [2.75, 3.05) is 20.7 Å². The van der Waals surface area contributed by atoms with Crippen LogP contribution in [0.25, 0.3) is 10.9 Å². The molecule has 1 aromatic heterocycles. The molecular weight excluding hydrogens is 460 g/mol. The average Bonchev–Trinajstić information content (AvgIpc) is 3.18. The van der Waals surface area contributed by atoms with Gasteiger partial charge in [0.05, 0.1) is 34.1 Å². The molecule has 0 bridgehead atoms. The molecule has 9 heteroatoms. The van der Waals surface area contributed by atoms with Gasteiger partial charge in [-0.25, -0.2) is 9.79 Å². The number of ether oxygens (including phenoxy) is 1. The van der Waals surface area contributed by atoms with Crippen LogP contribution in [0.2, 0.25) is 0 Å². The van der Waals surface area contributed by atoms with Gasteiger partial charge in [0, 0.05) is 34.6 Å². The van der Waals surface area contributed by atoms with Crippen molar-refractivity contribution >= 4 is 34.0 Å². The predicted molar refractivity (Wildman–Crippen MR) is 138 cm³/mol. The van der Waals surface area contributed by atoms with Gasteiger partial charge in [-0.3, -0.25) is 10.1 Å². The zero-order valence-electron chi connectivity index (χ0n) is 20.2. The lowest BCUT2D eigenvalue weighted by molar-refractivity contribution is -0.385. The van der Waals surface area contributed by atoms with Crippen LogP contribution in [-0.2, 0) is 11.3 Å². The number of hydrogen-bond donors (Lipinski definition) is 2. The Labute approximate surface area is 207 Å². The maximum atomic E-state index is 12.2. The largest absolute Gasteiger partial charge is 0.494 e. The van der Waals surface area contributed by atoms with Crippen LogP contribution in [0, 0.1) is 10.1 Å². The Bertz CT molecular complexity index is 1460. The van der Waals surface area contributed by atoms with Gasteiger partial charge in [-0.05, 0) is 45.3 Å². The number of nitrogens with one attached hydrogen (secondary N) is 1. The first-order valence-corrected chi connectivity index (χ1v) is 11.4. The van der Waals surface area contributed by atoms with Crippen LogP contribution in [0.15, 0.2) is 71.7 Å². The van der Waals surface area contributed by atoms with Crippen molar-refractivity contribution in [1.29, 1.82) is 0 Å². The Kier molecular flexibility index (Phi) is 7.12. The van der Waals surface area contributed by atoms with Crippen molar-refractivity contribution in [2.24, 2.45) is 4.99 Å². The van der Waals surface area contributed by atoms with Crippen LogP contribution < -0.4 is 0 Å². The highest BCUT2D eigenvalue weighted by atomic mass is 16.6. The first kappa shape index (κ1) is 24.6. The van der Waals surface area contributed by atoms with Gasteiger partial charge in [-0.2, -0.15) is 0 Å². The van der Waals surface area contributed by atoms with Crippen LogP contribution >= 0.6 is 0 Å². The summed E-state index contributed by atoms with van der Waals surface area (Å²) >= 11 is 0. The molecule has 0 aliphatic heterocycles. The molecule has 0 radical (unpaired) electrons. The molecule has 2 N–H and O–H groups in total. The van der Waals surface area contributed by atoms with Crippen molar-refractivity contribution < 1.29 is 19.6 Å². The molecule has 0 unspecified atom stereocenters. The molecule has 0 atom stereocenters. The highest BCUT2D eigenvalue weighted by Crippen LogP contribution is 2.33. The molecule has 0 aliphatic carbocycles. The van der Waals surface area contributed by atoms with Gasteiger partial charge in [0.1, 0.15) is 0 Å². The zero-order chi connectivity index (χ0) is 25.8. The molecule has 0 saturated heterocycles. The van der Waals surface area contributed by atoms with Crippen LogP contribution in [0.5, 0.6) is 5.88 Å². The summed E-state index contributed by atoms with van der Waals surface area (Å²) in [7, 11) is 3.69. The third kappa shape index (κ3) is 5.11. The second-order valence-electron chi connectivity index (χ2n) is 8.46. The molecule has 184 valence electrons. The van der Waals surface area contributed by atoms with E-state index in [9.17, 15) is 20.0 Å². The standard InChI is InChI=1S/C27H26N4O5/c1-4-36-27(33)18-11-13-21-22(14-18)29-26(32)24(21)25(17-8-6-5-7-9-17)28-20-12-10-19(16-30(2)3)23(15-20)31(34)35/h5-15,29,32H,4,16H2,1-3H3. The van der Waals surface area contributed by atoms with E-state index < -0.39 is 10.9 Å². The Morgan fingerprint density at radius 3 is 2.50 bits per heavy atom. The Morgan fingerprint density at radius 2 is 1.83 bits per heavy atom. The highest BCUT2D eigenvalue weighted by Gasteiger charge is 2.21. The molecule has 9 nitrogen and oxygen atoms in total. The average molecular weight is 487 g/mol. The van der Waals surface area contributed by atoms with Crippen LogP contribution in [0.1, 0.15) is 34.0 Å². The molecule has 0 spiro atoms. The summed E-state index contributed by atoms with van der Waals surface area (Å²) in [6.07, 6.45) is 0. The summed E-state index contributed by atoms with van der Waals surface area (Å²) in [5.74, 6) is -0.593. The van der Waals surface area contributed by atoms with Crippen LogP contribution in [-0.4, -0.2) is 52.3 Å². The number of nitro groups is 1. The second kappa shape index (κ2) is 10.4. The van der Waals surface area contributed by atoms with Crippen LogP contribution in [0.4, 0.5) is 11.4 Å². The van der Waals surface area contributed by atoms with E-state index in [0.29, 0.717) is 51.1 Å². The molecule has 4 rings (SSSR count). The van der Waals surface area contributed by atoms with Gasteiger partial charge in [-0.1, -0.05) is 36.4 Å². The predicted octanol–water partition coefficient (Wildman–Crippen LogP) is 5.19. The van der Waals surface area contributed by atoms with E-state index in [1.165, 1.54) is 6.07 Å². The number of fused-ring (bicyclic) bond motifs is 1. The van der Waals surface area contributed by atoms with E-state index in [2.05, 4.69) is 4.98 Å². The molecule has 0 amide bonds. The molecule has 3 aromatic carbocycles. The number of aromatic amines is 1.